The number of para-hydroxylation sites is 1. The highest BCUT2D eigenvalue weighted by Gasteiger charge is 2.11. The summed E-state index contributed by atoms with van der Waals surface area (Å²) in [5, 5.41) is 2.76. The Labute approximate surface area is 132 Å². The lowest BCUT2D eigenvalue weighted by Gasteiger charge is -2.09. The van der Waals surface area contributed by atoms with Crippen molar-refractivity contribution in [1.82, 2.24) is 15.3 Å². The Bertz CT molecular complexity index is 807. The van der Waals surface area contributed by atoms with Crippen LogP contribution in [0.5, 0.6) is 5.75 Å². The third-order valence-corrected chi connectivity index (χ3v) is 3.50. The molecule has 7 nitrogen and oxygen atoms in total. The second-order valence-electron chi connectivity index (χ2n) is 5.10. The summed E-state index contributed by atoms with van der Waals surface area (Å²) in [7, 11) is 1.60. The topological polar surface area (TPSA) is 104 Å². The van der Waals surface area contributed by atoms with Crippen molar-refractivity contribution in [2.75, 3.05) is 13.7 Å². The smallest absolute Gasteiger partial charge is 0.325 e. The van der Waals surface area contributed by atoms with Crippen molar-refractivity contribution in [3.05, 3.63) is 61.9 Å². The van der Waals surface area contributed by atoms with Crippen LogP contribution in [-0.2, 0) is 17.6 Å². The Kier molecular flexibility index (Phi) is 5.35. The molecule has 0 aliphatic carbocycles. The van der Waals surface area contributed by atoms with Crippen molar-refractivity contribution in [2.24, 2.45) is 0 Å². The molecule has 1 aromatic heterocycles. The van der Waals surface area contributed by atoms with Crippen LogP contribution in [0.25, 0.3) is 0 Å². The molecule has 1 amide bonds. The molecule has 1 heterocycles. The average Bonchev–Trinajstić information content (AvgIpc) is 2.51. The lowest BCUT2D eigenvalue weighted by atomic mass is 10.1. The van der Waals surface area contributed by atoms with Crippen molar-refractivity contribution >= 4 is 5.91 Å². The van der Waals surface area contributed by atoms with Gasteiger partial charge in [0.2, 0.25) is 5.91 Å². The van der Waals surface area contributed by atoms with E-state index in [0.717, 1.165) is 11.3 Å². The van der Waals surface area contributed by atoms with E-state index < -0.39 is 11.2 Å². The molecule has 2 rings (SSSR count). The number of H-pyrrole nitrogens is 2. The minimum atomic E-state index is -0.576. The average molecular weight is 317 g/mol. The molecule has 1 aromatic carbocycles. The fourth-order valence-corrected chi connectivity index (χ4v) is 2.31. The molecule has 0 fully saturated rings. The molecule has 0 saturated heterocycles. The van der Waals surface area contributed by atoms with Crippen LogP contribution >= 0.6 is 0 Å². The molecule has 2 aromatic rings. The largest absolute Gasteiger partial charge is 0.496 e. The zero-order valence-corrected chi connectivity index (χ0v) is 13.1. The van der Waals surface area contributed by atoms with Crippen LogP contribution < -0.4 is 21.3 Å². The number of aromatic amines is 2. The quantitative estimate of drug-likeness (QED) is 0.712. The predicted molar refractivity (Wildman–Crippen MR) is 85.8 cm³/mol. The van der Waals surface area contributed by atoms with Gasteiger partial charge in [0.05, 0.1) is 13.5 Å². The fraction of sp³-hybridized carbons (Fsp3) is 0.312. The second-order valence-corrected chi connectivity index (χ2v) is 5.10. The summed E-state index contributed by atoms with van der Waals surface area (Å²) in [5.74, 6) is 0.496. The van der Waals surface area contributed by atoms with Crippen LogP contribution in [0.1, 0.15) is 16.8 Å². The Morgan fingerprint density at radius 2 is 1.96 bits per heavy atom. The Morgan fingerprint density at radius 1 is 1.22 bits per heavy atom. The first-order valence-corrected chi connectivity index (χ1v) is 7.22. The van der Waals surface area contributed by atoms with E-state index in [4.69, 9.17) is 4.74 Å². The molecular formula is C16H19N3O4. The van der Waals surface area contributed by atoms with Crippen LogP contribution in [0.2, 0.25) is 0 Å². The van der Waals surface area contributed by atoms with Gasteiger partial charge in [0.15, 0.2) is 0 Å². The molecule has 122 valence electrons. The maximum atomic E-state index is 12.0. The Morgan fingerprint density at radius 3 is 2.65 bits per heavy atom. The zero-order chi connectivity index (χ0) is 16.8. The standard InChI is InChI=1S/C16H19N3O4/c1-10-12(15(21)19-16(22)18-10)9-14(20)17-8-7-11-5-3-4-6-13(11)23-2/h3-6H,7-9H2,1-2H3,(H,17,20)(H2,18,19,21,22). The number of hydrogen-bond acceptors (Lipinski definition) is 4. The molecule has 23 heavy (non-hydrogen) atoms. The van der Waals surface area contributed by atoms with Gasteiger partial charge < -0.3 is 15.0 Å². The molecule has 0 bridgehead atoms. The van der Waals surface area contributed by atoms with E-state index >= 15 is 0 Å². The van der Waals surface area contributed by atoms with Crippen LogP contribution in [0.3, 0.4) is 0 Å². The third kappa shape index (κ3) is 4.32. The van der Waals surface area contributed by atoms with E-state index in [1.165, 1.54) is 0 Å². The van der Waals surface area contributed by atoms with Gasteiger partial charge in [-0.2, -0.15) is 0 Å². The van der Waals surface area contributed by atoms with Gasteiger partial charge in [-0.15, -0.1) is 0 Å². The Hall–Kier alpha value is -2.83. The molecule has 0 saturated carbocycles. The summed E-state index contributed by atoms with van der Waals surface area (Å²) < 4.78 is 5.25. The number of rotatable bonds is 6. The summed E-state index contributed by atoms with van der Waals surface area (Å²) in [4.78, 5) is 39.4. The number of aryl methyl sites for hydroxylation is 1. The number of ether oxygens (including phenoxy) is 1. The summed E-state index contributed by atoms with van der Waals surface area (Å²) >= 11 is 0. The monoisotopic (exact) mass is 317 g/mol. The van der Waals surface area contributed by atoms with Crippen LogP contribution in [0.4, 0.5) is 0 Å². The number of carbonyl (C=O) groups is 1. The highest BCUT2D eigenvalue weighted by molar-refractivity contribution is 5.78. The summed E-state index contributed by atoms with van der Waals surface area (Å²) in [6.45, 7) is 2.02. The van der Waals surface area contributed by atoms with Gasteiger partial charge in [-0.3, -0.25) is 14.6 Å². The zero-order valence-electron chi connectivity index (χ0n) is 13.1. The highest BCUT2D eigenvalue weighted by Crippen LogP contribution is 2.17. The molecule has 0 spiro atoms. The van der Waals surface area contributed by atoms with Crippen LogP contribution in [0.15, 0.2) is 33.9 Å². The number of benzene rings is 1. The maximum absolute atomic E-state index is 12.0. The van der Waals surface area contributed by atoms with E-state index in [1.807, 2.05) is 24.3 Å². The molecule has 0 unspecified atom stereocenters. The first-order valence-electron chi connectivity index (χ1n) is 7.22. The van der Waals surface area contributed by atoms with Gasteiger partial charge in [0.1, 0.15) is 5.75 Å². The minimum Gasteiger partial charge on any atom is -0.496 e. The van der Waals surface area contributed by atoms with Crippen LogP contribution in [-0.4, -0.2) is 29.5 Å². The van der Waals surface area contributed by atoms with Crippen LogP contribution in [0, 0.1) is 6.92 Å². The molecule has 0 aliphatic rings. The molecule has 0 aliphatic heterocycles. The summed E-state index contributed by atoms with van der Waals surface area (Å²) in [5.41, 5.74) is 0.547. The molecule has 0 atom stereocenters. The number of nitrogens with one attached hydrogen (secondary N) is 3. The molecular weight excluding hydrogens is 298 g/mol. The van der Waals surface area contributed by atoms with E-state index in [2.05, 4.69) is 15.3 Å². The number of methoxy groups -OCH3 is 1. The van der Waals surface area contributed by atoms with Gasteiger partial charge in [0, 0.05) is 17.8 Å². The first kappa shape index (κ1) is 16.5. The minimum absolute atomic E-state index is 0.0795. The number of hydrogen-bond donors (Lipinski definition) is 3. The van der Waals surface area contributed by atoms with E-state index in [9.17, 15) is 14.4 Å². The van der Waals surface area contributed by atoms with E-state index in [0.29, 0.717) is 18.7 Å². The van der Waals surface area contributed by atoms with Crippen molar-refractivity contribution in [3.8, 4) is 5.75 Å². The van der Waals surface area contributed by atoms with Gasteiger partial charge in [0.25, 0.3) is 5.56 Å². The van der Waals surface area contributed by atoms with E-state index in [1.54, 1.807) is 14.0 Å². The highest BCUT2D eigenvalue weighted by atomic mass is 16.5. The molecule has 7 heteroatoms. The predicted octanol–water partition coefficient (Wildman–Crippen LogP) is 0.282. The van der Waals surface area contributed by atoms with Gasteiger partial charge in [-0.25, -0.2) is 4.79 Å². The van der Waals surface area contributed by atoms with Crippen molar-refractivity contribution in [3.63, 3.8) is 0 Å². The summed E-state index contributed by atoms with van der Waals surface area (Å²) in [6, 6.07) is 7.58. The normalized spacial score (nSPS) is 10.3. The van der Waals surface area contributed by atoms with Gasteiger partial charge >= 0.3 is 5.69 Å². The van der Waals surface area contributed by atoms with Crippen molar-refractivity contribution in [2.45, 2.75) is 19.8 Å². The fourth-order valence-electron chi connectivity index (χ4n) is 2.31. The lowest BCUT2D eigenvalue weighted by Crippen LogP contribution is -2.33. The molecule has 3 N–H and O–H groups in total. The SMILES string of the molecule is COc1ccccc1CCNC(=O)Cc1c(C)[nH]c(=O)[nH]c1=O. The van der Waals surface area contributed by atoms with Gasteiger partial charge in [-0.05, 0) is 25.0 Å². The maximum Gasteiger partial charge on any atom is 0.325 e. The Balaban J connectivity index is 1.94. The number of carbonyl (C=O) groups excluding carboxylic acids is 1. The molecule has 0 radical (unpaired) electrons. The van der Waals surface area contributed by atoms with E-state index in [-0.39, 0.29) is 17.9 Å². The van der Waals surface area contributed by atoms with Crippen molar-refractivity contribution in [1.29, 1.82) is 0 Å². The number of aromatic nitrogens is 2. The first-order chi connectivity index (χ1) is 11.0. The lowest BCUT2D eigenvalue weighted by molar-refractivity contribution is -0.120. The second kappa shape index (κ2) is 7.44. The van der Waals surface area contributed by atoms with Gasteiger partial charge in [-0.1, -0.05) is 18.2 Å². The third-order valence-electron chi connectivity index (χ3n) is 3.50. The van der Waals surface area contributed by atoms with Crippen molar-refractivity contribution < 1.29 is 9.53 Å². The number of amides is 1. The summed E-state index contributed by atoms with van der Waals surface area (Å²) in [6.07, 6.45) is 0.542.